The van der Waals surface area contributed by atoms with E-state index in [0.717, 1.165) is 47.6 Å². The van der Waals surface area contributed by atoms with Gasteiger partial charge in [-0.15, -0.1) is 0 Å². The predicted molar refractivity (Wildman–Crippen MR) is 127 cm³/mol. The molecule has 0 heterocycles. The molecule has 0 amide bonds. The van der Waals surface area contributed by atoms with Crippen LogP contribution in [0.4, 0.5) is 0 Å². The molecule has 0 bridgehead atoms. The second-order valence-corrected chi connectivity index (χ2v) is 8.71. The zero-order valence-electron chi connectivity index (χ0n) is 18.2. The zero-order valence-corrected chi connectivity index (χ0v) is 18.2. The first-order valence-corrected chi connectivity index (χ1v) is 11.4. The molecule has 0 saturated heterocycles. The molecule has 2 heteroatoms. The number of aryl methyl sites for hydroxylation is 1. The van der Waals surface area contributed by atoms with Crippen molar-refractivity contribution in [2.75, 3.05) is 0 Å². The molecule has 0 radical (unpaired) electrons. The molecule has 0 aliphatic heterocycles. The van der Waals surface area contributed by atoms with E-state index in [1.165, 1.54) is 30.4 Å². The zero-order chi connectivity index (χ0) is 21.5. The van der Waals surface area contributed by atoms with E-state index in [0.29, 0.717) is 6.61 Å². The third-order valence-corrected chi connectivity index (χ3v) is 6.30. The van der Waals surface area contributed by atoms with Gasteiger partial charge in [0.25, 0.3) is 0 Å². The van der Waals surface area contributed by atoms with Crippen LogP contribution >= 0.6 is 0 Å². The van der Waals surface area contributed by atoms with Crippen molar-refractivity contribution in [1.29, 1.82) is 0 Å². The Labute approximate surface area is 186 Å². The van der Waals surface area contributed by atoms with Gasteiger partial charge in [-0.3, -0.25) is 0 Å². The van der Waals surface area contributed by atoms with Crippen LogP contribution < -0.4 is 4.74 Å². The largest absolute Gasteiger partial charge is 0.489 e. The molecule has 2 unspecified atom stereocenters. The molecule has 1 aliphatic rings. The molecule has 1 aliphatic carbocycles. The molecule has 31 heavy (non-hydrogen) atoms. The van der Waals surface area contributed by atoms with Gasteiger partial charge in [0.2, 0.25) is 0 Å². The highest BCUT2D eigenvalue weighted by molar-refractivity contribution is 5.41. The fraction of sp³-hybridized carbons (Fsp3) is 0.310. The van der Waals surface area contributed by atoms with E-state index in [2.05, 4.69) is 24.8 Å². The van der Waals surface area contributed by atoms with Crippen LogP contribution in [-0.2, 0) is 13.0 Å². The minimum Gasteiger partial charge on any atom is -0.489 e. The number of hydrogen-bond donors (Lipinski definition) is 1. The van der Waals surface area contributed by atoms with Gasteiger partial charge in [-0.05, 0) is 72.8 Å². The van der Waals surface area contributed by atoms with Gasteiger partial charge >= 0.3 is 0 Å². The predicted octanol–water partition coefficient (Wildman–Crippen LogP) is 7.03. The minimum absolute atomic E-state index is 0.527. The Morgan fingerprint density at radius 3 is 2.42 bits per heavy atom. The lowest BCUT2D eigenvalue weighted by atomic mass is 9.82. The summed E-state index contributed by atoms with van der Waals surface area (Å²) in [6.45, 7) is 4.73. The van der Waals surface area contributed by atoms with Crippen LogP contribution in [-0.4, -0.2) is 5.11 Å². The van der Waals surface area contributed by atoms with Gasteiger partial charge in [0.05, 0.1) is 0 Å². The molecule has 2 atom stereocenters. The average molecular weight is 413 g/mol. The minimum atomic E-state index is -0.656. The molecule has 4 rings (SSSR count). The number of ether oxygens (including phenoxy) is 1. The molecule has 160 valence electrons. The van der Waals surface area contributed by atoms with Crippen molar-refractivity contribution >= 4 is 0 Å². The lowest BCUT2D eigenvalue weighted by Crippen LogP contribution is -2.10. The van der Waals surface area contributed by atoms with E-state index in [1.54, 1.807) is 0 Å². The number of allylic oxidation sites excluding steroid dienone is 1. The fourth-order valence-electron chi connectivity index (χ4n) is 4.50. The highest BCUT2D eigenvalue weighted by Crippen LogP contribution is 2.33. The van der Waals surface area contributed by atoms with Crippen molar-refractivity contribution in [2.45, 2.75) is 51.2 Å². The molecule has 0 spiro atoms. The standard InChI is InChI=1S/C29H32O2/c1-22-9-8-12-23(19-22)15-16-25-17-18-27(29(30)26-13-6-3-7-14-26)20-28(25)31-21-24-10-4-2-5-11-24/h2-7,10-11,13-14,17-18,20,23,29-30H,1,8-9,12,15-16,19,21H2. The molecular weight excluding hydrogens is 380 g/mol. The summed E-state index contributed by atoms with van der Waals surface area (Å²) in [5.74, 6) is 1.60. The number of aliphatic hydroxyl groups excluding tert-OH is 1. The second kappa shape index (κ2) is 10.5. The fourth-order valence-corrected chi connectivity index (χ4v) is 4.50. The molecule has 0 aromatic heterocycles. The average Bonchev–Trinajstić information content (AvgIpc) is 2.82. The highest BCUT2D eigenvalue weighted by Gasteiger charge is 2.18. The molecule has 1 fully saturated rings. The van der Waals surface area contributed by atoms with Crippen molar-refractivity contribution in [3.63, 3.8) is 0 Å². The molecule has 3 aromatic carbocycles. The van der Waals surface area contributed by atoms with E-state index in [-0.39, 0.29) is 0 Å². The van der Waals surface area contributed by atoms with Crippen molar-refractivity contribution in [1.82, 2.24) is 0 Å². The van der Waals surface area contributed by atoms with Crippen LogP contribution in [0.15, 0.2) is 91.0 Å². The quantitative estimate of drug-likeness (QED) is 0.403. The Kier molecular flexibility index (Phi) is 7.22. The van der Waals surface area contributed by atoms with E-state index in [4.69, 9.17) is 4.74 Å². The Morgan fingerprint density at radius 1 is 0.935 bits per heavy atom. The molecule has 3 aromatic rings. The van der Waals surface area contributed by atoms with Gasteiger partial charge in [-0.2, -0.15) is 0 Å². The van der Waals surface area contributed by atoms with Gasteiger partial charge in [0.15, 0.2) is 0 Å². The highest BCUT2D eigenvalue weighted by atomic mass is 16.5. The Bertz CT molecular complexity index is 978. The Morgan fingerprint density at radius 2 is 1.68 bits per heavy atom. The number of hydrogen-bond acceptors (Lipinski definition) is 2. The van der Waals surface area contributed by atoms with Gasteiger partial charge < -0.3 is 9.84 Å². The molecular formula is C29H32O2. The summed E-state index contributed by atoms with van der Waals surface area (Å²) in [7, 11) is 0. The van der Waals surface area contributed by atoms with Gasteiger partial charge in [0.1, 0.15) is 18.5 Å². The van der Waals surface area contributed by atoms with Crippen LogP contribution in [0, 0.1) is 5.92 Å². The lowest BCUT2D eigenvalue weighted by Gasteiger charge is -2.24. The van der Waals surface area contributed by atoms with Crippen LogP contribution in [0.5, 0.6) is 5.75 Å². The Balaban J connectivity index is 1.53. The molecule has 2 nitrogen and oxygen atoms in total. The number of aliphatic hydroxyl groups is 1. The maximum Gasteiger partial charge on any atom is 0.123 e. The van der Waals surface area contributed by atoms with E-state index >= 15 is 0 Å². The summed E-state index contributed by atoms with van der Waals surface area (Å²) in [6, 6.07) is 26.2. The topological polar surface area (TPSA) is 29.5 Å². The number of benzene rings is 3. The first-order valence-electron chi connectivity index (χ1n) is 11.4. The first kappa shape index (κ1) is 21.4. The summed E-state index contributed by atoms with van der Waals surface area (Å²) >= 11 is 0. The summed E-state index contributed by atoms with van der Waals surface area (Å²) in [5.41, 5.74) is 5.52. The smallest absolute Gasteiger partial charge is 0.123 e. The van der Waals surface area contributed by atoms with Crippen LogP contribution in [0.2, 0.25) is 0 Å². The third-order valence-electron chi connectivity index (χ3n) is 6.30. The first-order chi connectivity index (χ1) is 15.2. The van der Waals surface area contributed by atoms with Crippen LogP contribution in [0.25, 0.3) is 0 Å². The van der Waals surface area contributed by atoms with Gasteiger partial charge in [-0.1, -0.05) is 84.9 Å². The SMILES string of the molecule is C=C1CCCC(CCc2ccc(C(O)c3ccccc3)cc2OCc2ccccc2)C1. The van der Waals surface area contributed by atoms with Crippen LogP contribution in [0.3, 0.4) is 0 Å². The molecule has 1 saturated carbocycles. The summed E-state index contributed by atoms with van der Waals surface area (Å²) < 4.78 is 6.28. The van der Waals surface area contributed by atoms with Crippen molar-refractivity contribution < 1.29 is 9.84 Å². The maximum atomic E-state index is 10.9. The summed E-state index contributed by atoms with van der Waals surface area (Å²) in [4.78, 5) is 0. The summed E-state index contributed by atoms with van der Waals surface area (Å²) in [5, 5.41) is 10.9. The van der Waals surface area contributed by atoms with Crippen LogP contribution in [0.1, 0.15) is 60.5 Å². The molecule has 1 N–H and O–H groups in total. The van der Waals surface area contributed by atoms with Gasteiger partial charge in [-0.25, -0.2) is 0 Å². The number of rotatable bonds is 8. The van der Waals surface area contributed by atoms with E-state index < -0.39 is 6.10 Å². The normalized spacial score (nSPS) is 17.3. The summed E-state index contributed by atoms with van der Waals surface area (Å²) in [6.07, 6.45) is 6.40. The van der Waals surface area contributed by atoms with Crippen molar-refractivity contribution in [2.24, 2.45) is 5.92 Å². The Hall–Kier alpha value is -2.84. The monoisotopic (exact) mass is 412 g/mol. The van der Waals surface area contributed by atoms with Gasteiger partial charge in [0, 0.05) is 0 Å². The second-order valence-electron chi connectivity index (χ2n) is 8.71. The van der Waals surface area contributed by atoms with E-state index in [9.17, 15) is 5.11 Å². The lowest BCUT2D eigenvalue weighted by molar-refractivity contribution is 0.219. The van der Waals surface area contributed by atoms with Crippen molar-refractivity contribution in [3.8, 4) is 5.75 Å². The maximum absolute atomic E-state index is 10.9. The third kappa shape index (κ3) is 5.86. The van der Waals surface area contributed by atoms with E-state index in [1.807, 2.05) is 60.7 Å². The van der Waals surface area contributed by atoms with Crippen molar-refractivity contribution in [3.05, 3.63) is 113 Å².